The van der Waals surface area contributed by atoms with Crippen LogP contribution in [0.2, 0.25) is 0 Å². The summed E-state index contributed by atoms with van der Waals surface area (Å²) in [6.45, 7) is 30.1. The van der Waals surface area contributed by atoms with Gasteiger partial charge in [0.1, 0.15) is 13.1 Å². The van der Waals surface area contributed by atoms with Gasteiger partial charge in [-0.15, -0.1) is 0 Å². The number of unbranched alkanes of at least 4 members (excludes halogenated alkanes) is 2. The number of nitrogens with zero attached hydrogens (tertiary/aromatic N) is 2. The highest BCUT2D eigenvalue weighted by Gasteiger charge is 2.47. The first-order chi connectivity index (χ1) is 28.2. The van der Waals surface area contributed by atoms with Gasteiger partial charge in [-0.2, -0.15) is 0 Å². The van der Waals surface area contributed by atoms with Gasteiger partial charge in [0.2, 0.25) is 17.2 Å². The molecule has 0 saturated carbocycles. The van der Waals surface area contributed by atoms with Crippen molar-refractivity contribution in [1.29, 1.82) is 0 Å². The summed E-state index contributed by atoms with van der Waals surface area (Å²) in [6.07, 6.45) is 10.6. The fourth-order valence-electron chi connectivity index (χ4n) is 11.1. The largest absolute Gasteiger partial charge is 0.871 e. The van der Waals surface area contributed by atoms with E-state index in [-0.39, 0.29) is 68.0 Å². The quantitative estimate of drug-likeness (QED) is 0.197. The zero-order chi connectivity index (χ0) is 43.7. The van der Waals surface area contributed by atoms with Crippen LogP contribution in [-0.4, -0.2) is 43.8 Å². The molecule has 0 bridgehead atoms. The van der Waals surface area contributed by atoms with Crippen LogP contribution in [0.4, 0.5) is 17.1 Å². The van der Waals surface area contributed by atoms with Crippen molar-refractivity contribution < 1.29 is 19.5 Å². The lowest BCUT2D eigenvalue weighted by atomic mass is 9.66. The predicted octanol–water partition coefficient (Wildman–Crippen LogP) is 8.52. The summed E-state index contributed by atoms with van der Waals surface area (Å²) >= 11 is 0. The first-order valence-corrected chi connectivity index (χ1v) is 23.6. The van der Waals surface area contributed by atoms with Crippen molar-refractivity contribution in [1.82, 2.24) is 4.58 Å². The highest BCUT2D eigenvalue weighted by molar-refractivity contribution is 6.52. The molecule has 4 heterocycles. The zero-order valence-corrected chi connectivity index (χ0v) is 39.2. The minimum atomic E-state index is -0.310. The van der Waals surface area contributed by atoms with Crippen molar-refractivity contribution >= 4 is 45.8 Å². The smallest absolute Gasteiger partial charge is 0.227 e. The Balaban J connectivity index is 1.54. The summed E-state index contributed by atoms with van der Waals surface area (Å²) in [5.41, 5.74) is 6.61. The Hall–Kier alpha value is -3.94. The molecule has 2 aromatic carbocycles. The lowest BCUT2D eigenvalue weighted by Gasteiger charge is -2.49. The molecular weight excluding hydrogens is 745 g/mol. The molecule has 0 saturated heterocycles. The van der Waals surface area contributed by atoms with E-state index in [0.717, 1.165) is 124 Å². The van der Waals surface area contributed by atoms with Crippen molar-refractivity contribution in [2.75, 3.05) is 41.7 Å². The van der Waals surface area contributed by atoms with Gasteiger partial charge >= 0.3 is 0 Å². The minimum Gasteiger partial charge on any atom is -0.871 e. The SMILES string of the molecule is CCCCC(CC)C(=O)Nc1c(C2=C([O-])/C(=c3/cc4c5c(c3NC(=O)C(CC)CCCC)C(C)(C)CC[N+]=5CCC4(C)C)C2=O)cc2c3c1C(C)(C)CCN3CCC2(C)C. The van der Waals surface area contributed by atoms with Crippen molar-refractivity contribution in [3.05, 3.63) is 56.3 Å². The number of amides is 2. The Morgan fingerprint density at radius 3 is 1.77 bits per heavy atom. The number of rotatable bonds is 13. The van der Waals surface area contributed by atoms with Crippen molar-refractivity contribution in [3.8, 4) is 0 Å². The number of nitrogens with one attached hydrogen (secondary N) is 2. The molecule has 2 unspecified atom stereocenters. The van der Waals surface area contributed by atoms with E-state index in [1.165, 1.54) is 0 Å². The van der Waals surface area contributed by atoms with E-state index in [1.54, 1.807) is 0 Å². The lowest BCUT2D eigenvalue weighted by molar-refractivity contribution is -0.292. The third-order valence-electron chi connectivity index (χ3n) is 15.6. The number of hydrogen-bond donors (Lipinski definition) is 2. The topological polar surface area (TPSA) is 105 Å². The van der Waals surface area contributed by atoms with E-state index in [0.29, 0.717) is 35.0 Å². The first kappa shape index (κ1) is 44.1. The molecule has 8 heteroatoms. The van der Waals surface area contributed by atoms with Crippen LogP contribution in [-0.2, 0) is 36.0 Å². The normalized spacial score (nSPS) is 22.4. The number of hydrogen-bond acceptors (Lipinski definition) is 5. The molecule has 326 valence electrons. The highest BCUT2D eigenvalue weighted by atomic mass is 16.3. The van der Waals surface area contributed by atoms with Gasteiger partial charge in [-0.25, -0.2) is 4.58 Å². The highest BCUT2D eigenvalue weighted by Crippen LogP contribution is 2.55. The molecule has 5 aliphatic rings. The van der Waals surface area contributed by atoms with Crippen molar-refractivity contribution in [2.24, 2.45) is 11.8 Å². The minimum absolute atomic E-state index is 0.0447. The second kappa shape index (κ2) is 16.1. The molecule has 0 radical (unpaired) electrons. The van der Waals surface area contributed by atoms with Gasteiger partial charge in [0.15, 0.2) is 5.78 Å². The third-order valence-corrected chi connectivity index (χ3v) is 15.6. The molecule has 2 amide bonds. The van der Waals surface area contributed by atoms with E-state index in [2.05, 4.69) is 115 Å². The van der Waals surface area contributed by atoms with Crippen LogP contribution >= 0.6 is 0 Å². The Kier molecular flexibility index (Phi) is 11.8. The van der Waals surface area contributed by atoms with Crippen LogP contribution in [0.15, 0.2) is 17.9 Å². The summed E-state index contributed by atoms with van der Waals surface area (Å²) in [7, 11) is 0. The lowest BCUT2D eigenvalue weighted by Crippen LogP contribution is -2.54. The number of ketones is 1. The van der Waals surface area contributed by atoms with E-state index in [9.17, 15) is 9.59 Å². The maximum absolute atomic E-state index is 15.3. The van der Waals surface area contributed by atoms with Crippen molar-refractivity contribution in [2.45, 2.75) is 182 Å². The fraction of sp³-hybridized carbons (Fsp3) is 0.654. The molecule has 2 aromatic rings. The van der Waals surface area contributed by atoms with E-state index >= 15 is 9.90 Å². The average Bonchev–Trinajstić information content (AvgIpc) is 3.18. The number of allylic oxidation sites excluding steroid dienone is 2. The molecule has 60 heavy (non-hydrogen) atoms. The second-order valence-corrected chi connectivity index (χ2v) is 21.5. The zero-order valence-electron chi connectivity index (χ0n) is 39.2. The first-order valence-electron chi connectivity index (χ1n) is 23.6. The average molecular weight is 819 g/mol. The third kappa shape index (κ3) is 7.33. The summed E-state index contributed by atoms with van der Waals surface area (Å²) < 4.78 is 2.46. The van der Waals surface area contributed by atoms with Gasteiger partial charge in [0.05, 0.1) is 16.9 Å². The molecule has 2 N–H and O–H groups in total. The number of carbonyl (C=O) groups is 3. The van der Waals surface area contributed by atoms with Crippen LogP contribution in [0.5, 0.6) is 0 Å². The standard InChI is InChI=1S/C52H74N4O4/c1-13-17-19-31(15-3)47(59)53-41-33(29-35-43-39(41)51(9,10)23-27-55(43)25-21-49(35,5)6)37-45(57)38(46(37)58)34-30-36-44-40(42(34)54-48(60)32(16-4)20-18-14-2)52(11,12)24-28-56(44)26-22-50(36,7)8/h29-32H,13-28H2,1-12H3,(H2,53,54,57,58,59,60). The molecule has 0 fully saturated rings. The molecule has 4 aliphatic heterocycles. The van der Waals surface area contributed by atoms with E-state index < -0.39 is 0 Å². The van der Waals surface area contributed by atoms with Crippen LogP contribution in [0.3, 0.4) is 0 Å². The maximum atomic E-state index is 15.3. The monoisotopic (exact) mass is 819 g/mol. The van der Waals surface area contributed by atoms with Gasteiger partial charge in [0.25, 0.3) is 0 Å². The van der Waals surface area contributed by atoms with Crippen LogP contribution in [0.25, 0.3) is 11.1 Å². The van der Waals surface area contributed by atoms with Gasteiger partial charge < -0.3 is 20.6 Å². The van der Waals surface area contributed by atoms with Gasteiger partial charge in [-0.1, -0.05) is 115 Å². The number of Topliss-reactive ketones (excluding diaryl/α,β-unsaturated/α-hetero) is 1. The van der Waals surface area contributed by atoms with Gasteiger partial charge in [-0.3, -0.25) is 14.4 Å². The number of carbonyl (C=O) groups excluding carboxylic acids is 3. The summed E-state index contributed by atoms with van der Waals surface area (Å²) in [5, 5.41) is 23.9. The van der Waals surface area contributed by atoms with Crippen LogP contribution < -0.4 is 35.8 Å². The Morgan fingerprint density at radius 1 is 0.700 bits per heavy atom. The Labute approximate surface area is 360 Å². The van der Waals surface area contributed by atoms with Gasteiger partial charge in [-0.05, 0) is 67.1 Å². The number of anilines is 3. The fourth-order valence-corrected chi connectivity index (χ4v) is 11.1. The maximum Gasteiger partial charge on any atom is 0.227 e. The molecular formula is C52H74N4O4. The van der Waals surface area contributed by atoms with Crippen molar-refractivity contribution in [3.63, 3.8) is 0 Å². The predicted molar refractivity (Wildman–Crippen MR) is 245 cm³/mol. The Bertz CT molecular complexity index is 2270. The molecule has 1 aliphatic carbocycles. The van der Waals surface area contributed by atoms with Crippen LogP contribution in [0.1, 0.15) is 188 Å². The summed E-state index contributed by atoms with van der Waals surface area (Å²) in [4.78, 5) is 46.5. The summed E-state index contributed by atoms with van der Waals surface area (Å²) in [5.74, 6) is -1.05. The number of benzene rings is 2. The Morgan fingerprint density at radius 2 is 1.22 bits per heavy atom. The van der Waals surface area contributed by atoms with E-state index in [1.807, 2.05) is 0 Å². The second-order valence-electron chi connectivity index (χ2n) is 21.5. The molecule has 0 spiro atoms. The summed E-state index contributed by atoms with van der Waals surface area (Å²) in [6, 6.07) is 4.17. The van der Waals surface area contributed by atoms with E-state index in [4.69, 9.17) is 0 Å². The molecule has 0 aromatic heterocycles. The van der Waals surface area contributed by atoms with Gasteiger partial charge in [0, 0.05) is 87.3 Å². The molecule has 7 rings (SSSR count). The molecule has 8 nitrogen and oxygen atoms in total. The molecule has 2 atom stereocenters. The van der Waals surface area contributed by atoms with Crippen LogP contribution in [0, 0.1) is 11.8 Å².